The van der Waals surface area contributed by atoms with Crippen LogP contribution in [-0.2, 0) is 15.6 Å². The van der Waals surface area contributed by atoms with Crippen molar-refractivity contribution in [1.29, 1.82) is 0 Å². The van der Waals surface area contributed by atoms with Crippen molar-refractivity contribution in [3.05, 3.63) is 53.6 Å². The Morgan fingerprint density at radius 1 is 1.04 bits per heavy atom. The molecule has 0 spiro atoms. The largest absolute Gasteiger partial charge is 0.486 e. The van der Waals surface area contributed by atoms with E-state index in [-0.39, 0.29) is 22.8 Å². The predicted octanol–water partition coefficient (Wildman–Crippen LogP) is 2.95. The normalized spacial score (nSPS) is 14.4. The Morgan fingerprint density at radius 3 is 2.48 bits per heavy atom. The van der Waals surface area contributed by atoms with Gasteiger partial charge in [0.2, 0.25) is 10.0 Å². The summed E-state index contributed by atoms with van der Waals surface area (Å²) in [4.78, 5) is -0.0691. The molecule has 0 saturated heterocycles. The van der Waals surface area contributed by atoms with E-state index in [1.165, 1.54) is 12.1 Å². The molecule has 1 heterocycles. The number of nitrogens with one attached hydrogen (secondary N) is 1. The van der Waals surface area contributed by atoms with Crippen LogP contribution in [-0.4, -0.2) is 21.6 Å². The fourth-order valence-electron chi connectivity index (χ4n) is 2.59. The fourth-order valence-corrected chi connectivity index (χ4v) is 4.15. The van der Waals surface area contributed by atoms with Crippen LogP contribution in [0.3, 0.4) is 0 Å². The molecular formula is C17H17F2NO4S. The molecule has 0 aromatic heterocycles. The van der Waals surface area contributed by atoms with Gasteiger partial charge in [0, 0.05) is 0 Å². The molecule has 0 radical (unpaired) electrons. The van der Waals surface area contributed by atoms with Gasteiger partial charge in [0.1, 0.15) is 18.1 Å². The highest BCUT2D eigenvalue weighted by atomic mass is 32.2. The van der Waals surface area contributed by atoms with Crippen LogP contribution in [0.1, 0.15) is 19.4 Å². The summed E-state index contributed by atoms with van der Waals surface area (Å²) < 4.78 is 65.6. The minimum absolute atomic E-state index is 0.0691. The van der Waals surface area contributed by atoms with Crippen molar-refractivity contribution in [3.63, 3.8) is 0 Å². The van der Waals surface area contributed by atoms with Gasteiger partial charge in [-0.05, 0) is 43.7 Å². The Bertz CT molecular complexity index is 913. The first kappa shape index (κ1) is 17.6. The zero-order valence-corrected chi connectivity index (χ0v) is 14.5. The van der Waals surface area contributed by atoms with E-state index in [0.717, 1.165) is 12.1 Å². The molecule has 0 unspecified atom stereocenters. The van der Waals surface area contributed by atoms with E-state index in [0.29, 0.717) is 12.4 Å². The molecule has 25 heavy (non-hydrogen) atoms. The number of halogens is 2. The Balaban J connectivity index is 1.97. The van der Waals surface area contributed by atoms with Gasteiger partial charge in [0.25, 0.3) is 0 Å². The second-order valence-corrected chi connectivity index (χ2v) is 7.79. The maximum absolute atomic E-state index is 13.5. The quantitative estimate of drug-likeness (QED) is 0.900. The van der Waals surface area contributed by atoms with Crippen molar-refractivity contribution >= 4 is 10.0 Å². The third kappa shape index (κ3) is 3.45. The lowest BCUT2D eigenvalue weighted by Gasteiger charge is -2.28. The smallest absolute Gasteiger partial charge is 0.245 e. The van der Waals surface area contributed by atoms with E-state index < -0.39 is 27.2 Å². The van der Waals surface area contributed by atoms with E-state index in [1.807, 2.05) is 0 Å². The Hall–Kier alpha value is -2.19. The molecule has 2 aromatic rings. The van der Waals surface area contributed by atoms with Crippen molar-refractivity contribution in [2.75, 3.05) is 13.2 Å². The van der Waals surface area contributed by atoms with Crippen LogP contribution in [0.5, 0.6) is 11.5 Å². The Labute approximate surface area is 144 Å². The van der Waals surface area contributed by atoms with Crippen molar-refractivity contribution in [3.8, 4) is 11.5 Å². The lowest BCUT2D eigenvalue weighted by molar-refractivity contribution is 0.167. The van der Waals surface area contributed by atoms with Crippen LogP contribution in [0.15, 0.2) is 41.3 Å². The number of fused-ring (bicyclic) bond motifs is 1. The van der Waals surface area contributed by atoms with Crippen LogP contribution in [0, 0.1) is 11.6 Å². The SMILES string of the molecule is CC(C)(NS(=O)(=O)c1cccc2c1OCCO2)c1ccc(F)c(F)c1. The Kier molecular flexibility index (Phi) is 4.42. The molecule has 0 amide bonds. The summed E-state index contributed by atoms with van der Waals surface area (Å²) in [6.45, 7) is 3.70. The molecule has 1 N–H and O–H groups in total. The van der Waals surface area contributed by atoms with Crippen LogP contribution in [0.4, 0.5) is 8.78 Å². The van der Waals surface area contributed by atoms with Gasteiger partial charge in [-0.1, -0.05) is 12.1 Å². The monoisotopic (exact) mass is 369 g/mol. The third-order valence-corrected chi connectivity index (χ3v) is 5.53. The average molecular weight is 369 g/mol. The van der Waals surface area contributed by atoms with E-state index in [1.54, 1.807) is 26.0 Å². The number of ether oxygens (including phenoxy) is 2. The predicted molar refractivity (Wildman–Crippen MR) is 87.1 cm³/mol. The molecule has 1 aliphatic heterocycles. The van der Waals surface area contributed by atoms with E-state index in [4.69, 9.17) is 9.47 Å². The molecule has 1 aliphatic rings. The average Bonchev–Trinajstić information content (AvgIpc) is 2.55. The summed E-state index contributed by atoms with van der Waals surface area (Å²) in [6.07, 6.45) is 0. The molecule has 2 aromatic carbocycles. The van der Waals surface area contributed by atoms with Gasteiger partial charge in [0.15, 0.2) is 23.1 Å². The summed E-state index contributed by atoms with van der Waals surface area (Å²) in [5.41, 5.74) is -0.886. The lowest BCUT2D eigenvalue weighted by atomic mass is 9.96. The maximum Gasteiger partial charge on any atom is 0.245 e. The molecular weight excluding hydrogens is 352 g/mol. The van der Waals surface area contributed by atoms with E-state index in [9.17, 15) is 17.2 Å². The molecule has 0 bridgehead atoms. The number of hydrogen-bond donors (Lipinski definition) is 1. The maximum atomic E-state index is 13.5. The summed E-state index contributed by atoms with van der Waals surface area (Å²) in [6, 6.07) is 7.83. The minimum Gasteiger partial charge on any atom is -0.486 e. The molecule has 0 saturated carbocycles. The van der Waals surface area contributed by atoms with Crippen LogP contribution >= 0.6 is 0 Å². The Morgan fingerprint density at radius 2 is 1.76 bits per heavy atom. The number of hydrogen-bond acceptors (Lipinski definition) is 4. The summed E-state index contributed by atoms with van der Waals surface area (Å²) in [7, 11) is -4.00. The summed E-state index contributed by atoms with van der Waals surface area (Å²) >= 11 is 0. The molecule has 3 rings (SSSR count). The zero-order chi connectivity index (χ0) is 18.2. The van der Waals surface area contributed by atoms with Gasteiger partial charge in [-0.2, -0.15) is 0 Å². The van der Waals surface area contributed by atoms with Gasteiger partial charge in [0.05, 0.1) is 5.54 Å². The van der Waals surface area contributed by atoms with Gasteiger partial charge >= 0.3 is 0 Å². The first-order valence-electron chi connectivity index (χ1n) is 7.59. The second kappa shape index (κ2) is 6.27. The van der Waals surface area contributed by atoms with Gasteiger partial charge < -0.3 is 9.47 Å². The number of benzene rings is 2. The van der Waals surface area contributed by atoms with Crippen LogP contribution in [0.25, 0.3) is 0 Å². The highest BCUT2D eigenvalue weighted by Crippen LogP contribution is 2.37. The lowest BCUT2D eigenvalue weighted by Crippen LogP contribution is -2.41. The first-order chi connectivity index (χ1) is 11.7. The highest BCUT2D eigenvalue weighted by Gasteiger charge is 2.32. The van der Waals surface area contributed by atoms with E-state index >= 15 is 0 Å². The topological polar surface area (TPSA) is 64.6 Å². The third-order valence-electron chi connectivity index (χ3n) is 3.85. The van der Waals surface area contributed by atoms with Crippen molar-refractivity contribution in [1.82, 2.24) is 4.72 Å². The van der Waals surface area contributed by atoms with Gasteiger partial charge in [-0.25, -0.2) is 21.9 Å². The molecule has 134 valence electrons. The molecule has 8 heteroatoms. The highest BCUT2D eigenvalue weighted by molar-refractivity contribution is 7.89. The van der Waals surface area contributed by atoms with Crippen molar-refractivity contribution in [2.24, 2.45) is 0 Å². The summed E-state index contributed by atoms with van der Waals surface area (Å²) in [5, 5.41) is 0. The van der Waals surface area contributed by atoms with Gasteiger partial charge in [-0.15, -0.1) is 0 Å². The molecule has 0 fully saturated rings. The first-order valence-corrected chi connectivity index (χ1v) is 9.07. The second-order valence-electron chi connectivity index (χ2n) is 6.14. The number of para-hydroxylation sites is 1. The van der Waals surface area contributed by atoms with E-state index in [2.05, 4.69) is 4.72 Å². The van der Waals surface area contributed by atoms with Crippen molar-refractivity contribution < 1.29 is 26.7 Å². The number of sulfonamides is 1. The van der Waals surface area contributed by atoms with Crippen molar-refractivity contribution in [2.45, 2.75) is 24.3 Å². The number of rotatable bonds is 4. The summed E-state index contributed by atoms with van der Waals surface area (Å²) in [5.74, 6) is -1.55. The zero-order valence-electron chi connectivity index (χ0n) is 13.7. The fraction of sp³-hybridized carbons (Fsp3) is 0.294. The van der Waals surface area contributed by atoms with Crippen LogP contribution < -0.4 is 14.2 Å². The molecule has 0 atom stereocenters. The molecule has 5 nitrogen and oxygen atoms in total. The van der Waals surface area contributed by atoms with Gasteiger partial charge in [-0.3, -0.25) is 0 Å². The standard InChI is InChI=1S/C17H17F2NO4S/c1-17(2,11-6-7-12(18)13(19)10-11)20-25(21,22)15-5-3-4-14-16(15)24-9-8-23-14/h3-7,10,20H,8-9H2,1-2H3. The van der Waals surface area contributed by atoms with Crippen LogP contribution in [0.2, 0.25) is 0 Å². The minimum atomic E-state index is -4.00. The molecule has 0 aliphatic carbocycles.